The minimum absolute atomic E-state index is 0.0686. The number of rotatable bonds is 11. The van der Waals surface area contributed by atoms with Gasteiger partial charge in [-0.1, -0.05) is 44.7 Å². The fourth-order valence-electron chi connectivity index (χ4n) is 2.19. The van der Waals surface area contributed by atoms with Crippen molar-refractivity contribution in [1.29, 1.82) is 0 Å². The summed E-state index contributed by atoms with van der Waals surface area (Å²) < 4.78 is 47.3. The maximum absolute atomic E-state index is 12.4. The van der Waals surface area contributed by atoms with Gasteiger partial charge in [0.2, 0.25) is 0 Å². The number of halogens is 3. The lowest BCUT2D eigenvalue weighted by molar-refractivity contribution is -0.151. The van der Waals surface area contributed by atoms with Crippen molar-refractivity contribution in [2.24, 2.45) is 0 Å². The minimum atomic E-state index is -4.40. The van der Waals surface area contributed by atoms with Gasteiger partial charge in [0.05, 0.1) is 25.0 Å². The molecule has 146 valence electrons. The van der Waals surface area contributed by atoms with E-state index in [2.05, 4.69) is 6.92 Å². The van der Waals surface area contributed by atoms with Crippen molar-refractivity contribution in [3.05, 3.63) is 35.4 Å². The van der Waals surface area contributed by atoms with Crippen LogP contribution in [0.3, 0.4) is 0 Å². The van der Waals surface area contributed by atoms with Gasteiger partial charge in [-0.05, 0) is 24.1 Å². The van der Waals surface area contributed by atoms with Crippen LogP contribution < -0.4 is 0 Å². The van der Waals surface area contributed by atoms with Crippen molar-refractivity contribution in [3.63, 3.8) is 0 Å². The van der Waals surface area contributed by atoms with Crippen LogP contribution >= 0.6 is 0 Å². The van der Waals surface area contributed by atoms with Crippen molar-refractivity contribution in [2.75, 3.05) is 6.61 Å². The second-order valence-corrected chi connectivity index (χ2v) is 5.99. The van der Waals surface area contributed by atoms with E-state index in [0.717, 1.165) is 37.8 Å². The second-order valence-electron chi connectivity index (χ2n) is 5.99. The number of benzene rings is 1. The molecule has 0 aliphatic heterocycles. The molecule has 26 heavy (non-hydrogen) atoms. The molecule has 0 atom stereocenters. The first-order chi connectivity index (χ1) is 12.3. The van der Waals surface area contributed by atoms with Gasteiger partial charge in [-0.25, -0.2) is 0 Å². The Morgan fingerprint density at radius 1 is 0.885 bits per heavy atom. The van der Waals surface area contributed by atoms with Crippen LogP contribution in [-0.2, 0) is 31.8 Å². The van der Waals surface area contributed by atoms with Gasteiger partial charge >= 0.3 is 18.1 Å². The largest absolute Gasteiger partial charge is 0.466 e. The van der Waals surface area contributed by atoms with Gasteiger partial charge in [-0.15, -0.1) is 0 Å². The van der Waals surface area contributed by atoms with E-state index in [1.54, 1.807) is 0 Å². The van der Waals surface area contributed by atoms with Crippen LogP contribution in [0.2, 0.25) is 0 Å². The lowest BCUT2D eigenvalue weighted by atomic mass is 10.1. The number of hydrogen-bond donors (Lipinski definition) is 0. The van der Waals surface area contributed by atoms with Gasteiger partial charge in [-0.2, -0.15) is 13.2 Å². The molecule has 0 aliphatic rings. The molecule has 1 aromatic carbocycles. The van der Waals surface area contributed by atoms with Gasteiger partial charge in [-0.3, -0.25) is 9.59 Å². The summed E-state index contributed by atoms with van der Waals surface area (Å²) in [5, 5.41) is 0. The maximum Gasteiger partial charge on any atom is 0.416 e. The Balaban J connectivity index is 2.17. The molecule has 7 heteroatoms. The minimum Gasteiger partial charge on any atom is -0.466 e. The molecule has 0 saturated heterocycles. The number of carbonyl (C=O) groups excluding carboxylic acids is 2. The van der Waals surface area contributed by atoms with E-state index in [-0.39, 0.29) is 19.4 Å². The first-order valence-electron chi connectivity index (χ1n) is 8.80. The van der Waals surface area contributed by atoms with Crippen LogP contribution in [0.1, 0.15) is 63.0 Å². The quantitative estimate of drug-likeness (QED) is 0.402. The lowest BCUT2D eigenvalue weighted by Gasteiger charge is -2.08. The molecule has 0 heterocycles. The van der Waals surface area contributed by atoms with Crippen LogP contribution in [0.4, 0.5) is 13.2 Å². The Hall–Kier alpha value is -2.05. The normalized spacial score (nSPS) is 11.2. The standard InChI is InChI=1S/C19H25F3O4/c1-2-3-4-5-6-13-25-17(23)11-12-18(24)26-14-15-7-9-16(10-8-15)19(20,21)22/h7-10H,2-6,11-14H2,1H3. The Morgan fingerprint density at radius 2 is 1.46 bits per heavy atom. The Labute approximate surface area is 151 Å². The highest BCUT2D eigenvalue weighted by molar-refractivity contribution is 5.77. The predicted octanol–water partition coefficient (Wildman–Crippen LogP) is 5.04. The van der Waals surface area contributed by atoms with Crippen molar-refractivity contribution < 1.29 is 32.2 Å². The van der Waals surface area contributed by atoms with Crippen LogP contribution in [0.25, 0.3) is 0 Å². The highest BCUT2D eigenvalue weighted by Crippen LogP contribution is 2.29. The number of alkyl halides is 3. The highest BCUT2D eigenvalue weighted by atomic mass is 19.4. The molecule has 4 nitrogen and oxygen atoms in total. The van der Waals surface area contributed by atoms with E-state index in [4.69, 9.17) is 9.47 Å². The number of ether oxygens (including phenoxy) is 2. The van der Waals surface area contributed by atoms with Gasteiger partial charge in [0.15, 0.2) is 0 Å². The summed E-state index contributed by atoms with van der Waals surface area (Å²) in [6, 6.07) is 4.37. The molecule has 0 aromatic heterocycles. The molecular weight excluding hydrogens is 349 g/mol. The predicted molar refractivity (Wildman–Crippen MR) is 90.2 cm³/mol. The first kappa shape index (κ1) is 22.0. The molecule has 0 saturated carbocycles. The fourth-order valence-corrected chi connectivity index (χ4v) is 2.19. The molecule has 0 fully saturated rings. The molecule has 0 radical (unpaired) electrons. The van der Waals surface area contributed by atoms with Crippen LogP contribution in [-0.4, -0.2) is 18.5 Å². The van der Waals surface area contributed by atoms with Gasteiger partial charge in [0.1, 0.15) is 6.61 Å². The molecule has 0 aliphatic carbocycles. The van der Waals surface area contributed by atoms with Crippen LogP contribution in [0.15, 0.2) is 24.3 Å². The topological polar surface area (TPSA) is 52.6 Å². The first-order valence-corrected chi connectivity index (χ1v) is 8.80. The summed E-state index contributed by atoms with van der Waals surface area (Å²) in [6.07, 6.45) is 0.666. The zero-order chi connectivity index (χ0) is 19.4. The number of esters is 2. The smallest absolute Gasteiger partial charge is 0.416 e. The summed E-state index contributed by atoms with van der Waals surface area (Å²) in [6.45, 7) is 2.34. The van der Waals surface area contributed by atoms with Crippen molar-refractivity contribution in [3.8, 4) is 0 Å². The average Bonchev–Trinajstić information content (AvgIpc) is 2.60. The summed E-state index contributed by atoms with van der Waals surface area (Å²) in [5.41, 5.74) is -0.314. The highest BCUT2D eigenvalue weighted by Gasteiger charge is 2.29. The number of carbonyl (C=O) groups is 2. The van der Waals surface area contributed by atoms with E-state index >= 15 is 0 Å². The zero-order valence-corrected chi connectivity index (χ0v) is 14.9. The molecular formula is C19H25F3O4. The average molecular weight is 374 g/mol. The third kappa shape index (κ3) is 9.44. The van der Waals surface area contributed by atoms with Crippen molar-refractivity contribution in [1.82, 2.24) is 0 Å². The lowest BCUT2D eigenvalue weighted by Crippen LogP contribution is -2.11. The third-order valence-corrected chi connectivity index (χ3v) is 3.73. The van der Waals surface area contributed by atoms with Gasteiger partial charge < -0.3 is 9.47 Å². The Kier molecular flexibility index (Phi) is 9.76. The molecule has 1 rings (SSSR count). The van der Waals surface area contributed by atoms with Crippen LogP contribution in [0, 0.1) is 0 Å². The Bertz CT molecular complexity index is 553. The van der Waals surface area contributed by atoms with Gasteiger partial charge in [0, 0.05) is 0 Å². The van der Waals surface area contributed by atoms with E-state index in [0.29, 0.717) is 12.2 Å². The molecule has 0 amide bonds. The fraction of sp³-hybridized carbons (Fsp3) is 0.579. The van der Waals surface area contributed by atoms with E-state index in [1.807, 2.05) is 0 Å². The van der Waals surface area contributed by atoms with Gasteiger partial charge in [0.25, 0.3) is 0 Å². The number of hydrogen-bond acceptors (Lipinski definition) is 4. The SMILES string of the molecule is CCCCCCCOC(=O)CCC(=O)OCc1ccc(C(F)(F)F)cc1. The molecule has 1 aromatic rings. The summed E-state index contributed by atoms with van der Waals surface area (Å²) in [4.78, 5) is 23.1. The summed E-state index contributed by atoms with van der Waals surface area (Å²) >= 11 is 0. The van der Waals surface area contributed by atoms with Crippen molar-refractivity contribution in [2.45, 2.75) is 64.7 Å². The summed E-state index contributed by atoms with van der Waals surface area (Å²) in [5.74, 6) is -1.04. The van der Waals surface area contributed by atoms with E-state index < -0.39 is 23.7 Å². The van der Waals surface area contributed by atoms with E-state index in [1.165, 1.54) is 18.6 Å². The van der Waals surface area contributed by atoms with E-state index in [9.17, 15) is 22.8 Å². The summed E-state index contributed by atoms with van der Waals surface area (Å²) in [7, 11) is 0. The second kappa shape index (κ2) is 11.5. The van der Waals surface area contributed by atoms with Crippen molar-refractivity contribution >= 4 is 11.9 Å². The zero-order valence-electron chi connectivity index (χ0n) is 14.9. The number of unbranched alkanes of at least 4 members (excludes halogenated alkanes) is 4. The molecule has 0 bridgehead atoms. The monoisotopic (exact) mass is 374 g/mol. The molecule has 0 N–H and O–H groups in total. The molecule has 0 unspecified atom stereocenters. The third-order valence-electron chi connectivity index (χ3n) is 3.73. The molecule has 0 spiro atoms. The maximum atomic E-state index is 12.4. The Morgan fingerprint density at radius 3 is 2.04 bits per heavy atom. The van der Waals surface area contributed by atoms with Crippen LogP contribution in [0.5, 0.6) is 0 Å².